The number of nitrogens with one attached hydrogen (secondary N) is 2. The maximum atomic E-state index is 11.4. The monoisotopic (exact) mass is 200 g/mol. The lowest BCUT2D eigenvalue weighted by Gasteiger charge is -2.21. The van der Waals surface area contributed by atoms with Gasteiger partial charge in [0, 0.05) is 5.54 Å². The fourth-order valence-electron chi connectivity index (χ4n) is 1.16. The lowest BCUT2D eigenvalue weighted by Crippen LogP contribution is -2.47. The van der Waals surface area contributed by atoms with Crippen molar-refractivity contribution in [1.29, 1.82) is 0 Å². The molecule has 1 rings (SSSR count). The predicted octanol–water partition coefficient (Wildman–Crippen LogP) is 0.0156. The first kappa shape index (κ1) is 11.5. The SMILES string of the molecule is CC(C)(C)NCC(=O)NC1(CO)CC1. The van der Waals surface area contributed by atoms with E-state index in [4.69, 9.17) is 5.11 Å². The van der Waals surface area contributed by atoms with E-state index in [0.717, 1.165) is 12.8 Å². The quantitative estimate of drug-likeness (QED) is 0.599. The summed E-state index contributed by atoms with van der Waals surface area (Å²) in [5, 5.41) is 14.9. The third kappa shape index (κ3) is 3.64. The number of aliphatic hydroxyl groups excluding tert-OH is 1. The first-order chi connectivity index (χ1) is 6.37. The van der Waals surface area contributed by atoms with Crippen LogP contribution in [0.5, 0.6) is 0 Å². The predicted molar refractivity (Wildman–Crippen MR) is 54.9 cm³/mol. The second kappa shape index (κ2) is 3.87. The van der Waals surface area contributed by atoms with Crippen LogP contribution >= 0.6 is 0 Å². The fourth-order valence-corrected chi connectivity index (χ4v) is 1.16. The Hall–Kier alpha value is -0.610. The van der Waals surface area contributed by atoms with Crippen LogP contribution in [0.4, 0.5) is 0 Å². The van der Waals surface area contributed by atoms with Crippen molar-refractivity contribution in [2.75, 3.05) is 13.2 Å². The Kier molecular flexibility index (Phi) is 3.17. The van der Waals surface area contributed by atoms with E-state index in [1.165, 1.54) is 0 Å². The maximum Gasteiger partial charge on any atom is 0.234 e. The van der Waals surface area contributed by atoms with Crippen LogP contribution in [-0.2, 0) is 4.79 Å². The molecule has 0 aromatic heterocycles. The molecular weight excluding hydrogens is 180 g/mol. The molecule has 0 aromatic carbocycles. The second-order valence-corrected chi connectivity index (χ2v) is 5.09. The highest BCUT2D eigenvalue weighted by Crippen LogP contribution is 2.34. The van der Waals surface area contributed by atoms with Crippen molar-refractivity contribution >= 4 is 5.91 Å². The first-order valence-corrected chi connectivity index (χ1v) is 5.04. The van der Waals surface area contributed by atoms with Crippen molar-refractivity contribution in [2.45, 2.75) is 44.7 Å². The van der Waals surface area contributed by atoms with E-state index in [0.29, 0.717) is 6.54 Å². The molecular formula is C10H20N2O2. The van der Waals surface area contributed by atoms with Gasteiger partial charge in [0.2, 0.25) is 5.91 Å². The Morgan fingerprint density at radius 3 is 2.36 bits per heavy atom. The molecule has 0 bridgehead atoms. The smallest absolute Gasteiger partial charge is 0.234 e. The van der Waals surface area contributed by atoms with Gasteiger partial charge in [-0.25, -0.2) is 0 Å². The minimum absolute atomic E-state index is 0.0357. The van der Waals surface area contributed by atoms with Gasteiger partial charge in [-0.1, -0.05) is 0 Å². The number of carbonyl (C=O) groups is 1. The molecule has 4 nitrogen and oxygen atoms in total. The van der Waals surface area contributed by atoms with Gasteiger partial charge in [0.25, 0.3) is 0 Å². The lowest BCUT2D eigenvalue weighted by atomic mass is 10.1. The Bertz CT molecular complexity index is 217. The lowest BCUT2D eigenvalue weighted by molar-refractivity contribution is -0.121. The average Bonchev–Trinajstić information content (AvgIpc) is 2.81. The molecule has 14 heavy (non-hydrogen) atoms. The largest absolute Gasteiger partial charge is 0.394 e. The number of amides is 1. The zero-order valence-electron chi connectivity index (χ0n) is 9.18. The van der Waals surface area contributed by atoms with E-state index in [1.807, 2.05) is 20.8 Å². The zero-order valence-corrected chi connectivity index (χ0v) is 9.18. The Morgan fingerprint density at radius 2 is 2.00 bits per heavy atom. The highest BCUT2D eigenvalue weighted by atomic mass is 16.3. The average molecular weight is 200 g/mol. The van der Waals surface area contributed by atoms with Crippen LogP contribution in [0.25, 0.3) is 0 Å². The summed E-state index contributed by atoms with van der Waals surface area (Å²) in [7, 11) is 0. The van der Waals surface area contributed by atoms with Crippen LogP contribution in [0.3, 0.4) is 0 Å². The Balaban J connectivity index is 2.23. The third-order valence-corrected chi connectivity index (χ3v) is 2.34. The Morgan fingerprint density at radius 1 is 1.43 bits per heavy atom. The molecule has 0 atom stereocenters. The maximum absolute atomic E-state index is 11.4. The van der Waals surface area contributed by atoms with Gasteiger partial charge < -0.3 is 15.7 Å². The van der Waals surface area contributed by atoms with Crippen molar-refractivity contribution in [3.63, 3.8) is 0 Å². The normalized spacial score (nSPS) is 19.1. The molecule has 0 heterocycles. The summed E-state index contributed by atoms with van der Waals surface area (Å²) in [5.41, 5.74) is -0.343. The number of rotatable bonds is 4. The molecule has 82 valence electrons. The molecule has 0 aliphatic heterocycles. The van der Waals surface area contributed by atoms with E-state index < -0.39 is 0 Å². The van der Waals surface area contributed by atoms with Crippen molar-refractivity contribution in [1.82, 2.24) is 10.6 Å². The van der Waals surface area contributed by atoms with Gasteiger partial charge >= 0.3 is 0 Å². The first-order valence-electron chi connectivity index (χ1n) is 5.04. The van der Waals surface area contributed by atoms with E-state index in [-0.39, 0.29) is 23.6 Å². The topological polar surface area (TPSA) is 61.4 Å². The van der Waals surface area contributed by atoms with Crippen molar-refractivity contribution in [2.24, 2.45) is 0 Å². The zero-order chi connectivity index (χ0) is 10.8. The van der Waals surface area contributed by atoms with Gasteiger partial charge in [0.05, 0.1) is 18.7 Å². The molecule has 0 saturated heterocycles. The number of hydrogen-bond acceptors (Lipinski definition) is 3. The van der Waals surface area contributed by atoms with Gasteiger partial charge in [-0.2, -0.15) is 0 Å². The summed E-state index contributed by atoms with van der Waals surface area (Å²) in [6.45, 7) is 6.40. The van der Waals surface area contributed by atoms with E-state index >= 15 is 0 Å². The van der Waals surface area contributed by atoms with Gasteiger partial charge in [-0.3, -0.25) is 4.79 Å². The molecule has 1 saturated carbocycles. The second-order valence-electron chi connectivity index (χ2n) is 5.09. The van der Waals surface area contributed by atoms with Crippen LogP contribution in [0, 0.1) is 0 Å². The molecule has 0 aromatic rings. The highest BCUT2D eigenvalue weighted by Gasteiger charge is 2.43. The highest BCUT2D eigenvalue weighted by molar-refractivity contribution is 5.79. The number of hydrogen-bond donors (Lipinski definition) is 3. The van der Waals surface area contributed by atoms with Gasteiger partial charge in [-0.05, 0) is 33.6 Å². The van der Waals surface area contributed by atoms with Crippen LogP contribution in [0.15, 0.2) is 0 Å². The van der Waals surface area contributed by atoms with E-state index in [2.05, 4.69) is 10.6 Å². The van der Waals surface area contributed by atoms with Gasteiger partial charge in [0.1, 0.15) is 0 Å². The van der Waals surface area contributed by atoms with Crippen LogP contribution in [0.2, 0.25) is 0 Å². The van der Waals surface area contributed by atoms with E-state index in [1.54, 1.807) is 0 Å². The summed E-state index contributed by atoms with van der Waals surface area (Å²) in [5.74, 6) is -0.0357. The fraction of sp³-hybridized carbons (Fsp3) is 0.900. The molecule has 0 radical (unpaired) electrons. The van der Waals surface area contributed by atoms with Crippen LogP contribution in [0.1, 0.15) is 33.6 Å². The summed E-state index contributed by atoms with van der Waals surface area (Å²) < 4.78 is 0. The van der Waals surface area contributed by atoms with Gasteiger partial charge in [0.15, 0.2) is 0 Å². The Labute approximate surface area is 85.1 Å². The summed E-state index contributed by atoms with van der Waals surface area (Å²) in [4.78, 5) is 11.4. The molecule has 3 N–H and O–H groups in total. The number of carbonyl (C=O) groups excluding carboxylic acids is 1. The van der Waals surface area contributed by atoms with Crippen molar-refractivity contribution in [3.8, 4) is 0 Å². The molecule has 1 fully saturated rings. The summed E-state index contributed by atoms with van der Waals surface area (Å²) in [6.07, 6.45) is 1.79. The molecule has 1 aliphatic rings. The minimum Gasteiger partial charge on any atom is -0.394 e. The summed E-state index contributed by atoms with van der Waals surface area (Å²) >= 11 is 0. The third-order valence-electron chi connectivity index (χ3n) is 2.34. The molecule has 0 unspecified atom stereocenters. The molecule has 1 amide bonds. The van der Waals surface area contributed by atoms with Crippen LogP contribution < -0.4 is 10.6 Å². The van der Waals surface area contributed by atoms with Gasteiger partial charge in [-0.15, -0.1) is 0 Å². The van der Waals surface area contributed by atoms with E-state index in [9.17, 15) is 4.79 Å². The van der Waals surface area contributed by atoms with Crippen LogP contribution in [-0.4, -0.2) is 35.2 Å². The van der Waals surface area contributed by atoms with Crippen molar-refractivity contribution in [3.05, 3.63) is 0 Å². The number of aliphatic hydroxyl groups is 1. The summed E-state index contributed by atoms with van der Waals surface area (Å²) in [6, 6.07) is 0. The molecule has 4 heteroatoms. The molecule has 1 aliphatic carbocycles. The van der Waals surface area contributed by atoms with Crippen molar-refractivity contribution < 1.29 is 9.90 Å². The minimum atomic E-state index is -0.295. The standard InChI is InChI=1S/C10H20N2O2/c1-9(2,3)11-6-8(14)12-10(7-13)4-5-10/h11,13H,4-7H2,1-3H3,(H,12,14). The molecule has 0 spiro atoms.